The molecule has 4 aromatic rings. The van der Waals surface area contributed by atoms with Gasteiger partial charge >= 0.3 is 0 Å². The zero-order valence-corrected chi connectivity index (χ0v) is 19.5. The van der Waals surface area contributed by atoms with Gasteiger partial charge < -0.3 is 5.32 Å². The maximum Gasteiger partial charge on any atom is 0.261 e. The lowest BCUT2D eigenvalue weighted by molar-refractivity contribution is -0.116. The molecular formula is C25H26N4O2S. The Hall–Kier alpha value is -3.32. The van der Waals surface area contributed by atoms with Gasteiger partial charge in [-0.25, -0.2) is 9.97 Å². The van der Waals surface area contributed by atoms with Crippen LogP contribution in [-0.4, -0.2) is 20.4 Å². The number of fused-ring (bicyclic) bond motifs is 1. The van der Waals surface area contributed by atoms with Crippen molar-refractivity contribution in [2.24, 2.45) is 0 Å². The first-order valence-corrected chi connectivity index (χ1v) is 11.5. The molecule has 0 aliphatic rings. The van der Waals surface area contributed by atoms with Gasteiger partial charge in [0.1, 0.15) is 0 Å². The molecular weight excluding hydrogens is 420 g/mol. The molecule has 0 unspecified atom stereocenters. The number of hydrogen-bond acceptors (Lipinski definition) is 5. The second-order valence-electron chi connectivity index (χ2n) is 8.18. The quantitative estimate of drug-likeness (QED) is 0.443. The first-order valence-electron chi connectivity index (χ1n) is 10.6. The molecule has 0 saturated heterocycles. The second-order valence-corrected chi connectivity index (χ2v) is 9.04. The molecule has 1 N–H and O–H groups in total. The highest BCUT2D eigenvalue weighted by Crippen LogP contribution is 2.31. The average Bonchev–Trinajstić information content (AvgIpc) is 3.17. The van der Waals surface area contributed by atoms with Gasteiger partial charge in [-0.05, 0) is 56.9 Å². The molecule has 0 radical (unpaired) electrons. The van der Waals surface area contributed by atoms with E-state index in [2.05, 4.69) is 48.2 Å². The predicted molar refractivity (Wildman–Crippen MR) is 130 cm³/mol. The third kappa shape index (κ3) is 4.48. The van der Waals surface area contributed by atoms with Crippen LogP contribution in [0.5, 0.6) is 0 Å². The van der Waals surface area contributed by atoms with Crippen LogP contribution >= 0.6 is 11.3 Å². The lowest BCUT2D eigenvalue weighted by Gasteiger charge is -2.09. The largest absolute Gasteiger partial charge is 0.302 e. The van der Waals surface area contributed by atoms with Crippen molar-refractivity contribution in [2.75, 3.05) is 5.32 Å². The van der Waals surface area contributed by atoms with E-state index in [0.29, 0.717) is 29.9 Å². The van der Waals surface area contributed by atoms with E-state index in [1.165, 1.54) is 28.0 Å². The fraction of sp³-hybridized carbons (Fsp3) is 0.280. The molecule has 2 aromatic heterocycles. The number of anilines is 1. The summed E-state index contributed by atoms with van der Waals surface area (Å²) in [5.74, 6) is -0.110. The maximum absolute atomic E-state index is 12.7. The standard InChI is InChI=1S/C25H26N4O2S/c1-15-11-17(3)22(18(4)12-15)20-13-32-25(27-20)28-21(30)9-6-10-29-14-26-23-16(2)7-5-8-19(23)24(29)31/h5,7-8,11-14H,6,9-10H2,1-4H3,(H,27,28,30). The Labute approximate surface area is 191 Å². The van der Waals surface area contributed by atoms with Gasteiger partial charge in [-0.15, -0.1) is 11.3 Å². The molecule has 0 aliphatic heterocycles. The van der Waals surface area contributed by atoms with E-state index in [0.717, 1.165) is 22.3 Å². The van der Waals surface area contributed by atoms with Gasteiger partial charge in [0.15, 0.2) is 5.13 Å². The Morgan fingerprint density at radius 1 is 1.09 bits per heavy atom. The van der Waals surface area contributed by atoms with Crippen molar-refractivity contribution in [1.29, 1.82) is 0 Å². The third-order valence-electron chi connectivity index (χ3n) is 5.54. The molecule has 0 spiro atoms. The number of rotatable bonds is 6. The molecule has 164 valence electrons. The van der Waals surface area contributed by atoms with E-state index in [-0.39, 0.29) is 11.5 Å². The normalized spacial score (nSPS) is 11.1. The molecule has 4 rings (SSSR count). The van der Waals surface area contributed by atoms with Crippen LogP contribution in [0.1, 0.15) is 35.1 Å². The summed E-state index contributed by atoms with van der Waals surface area (Å²) in [7, 11) is 0. The van der Waals surface area contributed by atoms with E-state index in [4.69, 9.17) is 0 Å². The molecule has 0 fully saturated rings. The summed E-state index contributed by atoms with van der Waals surface area (Å²) in [6, 6.07) is 9.88. The van der Waals surface area contributed by atoms with E-state index in [1.54, 1.807) is 17.0 Å². The second kappa shape index (κ2) is 9.04. The summed E-state index contributed by atoms with van der Waals surface area (Å²) in [4.78, 5) is 34.1. The minimum absolute atomic E-state index is 0.0764. The van der Waals surface area contributed by atoms with Crippen molar-refractivity contribution >= 4 is 33.3 Å². The summed E-state index contributed by atoms with van der Waals surface area (Å²) < 4.78 is 1.57. The summed E-state index contributed by atoms with van der Waals surface area (Å²) >= 11 is 1.42. The fourth-order valence-corrected chi connectivity index (χ4v) is 4.84. The molecule has 0 atom stereocenters. The molecule has 0 aliphatic carbocycles. The van der Waals surface area contributed by atoms with E-state index >= 15 is 0 Å². The smallest absolute Gasteiger partial charge is 0.261 e. The van der Waals surface area contributed by atoms with Crippen LogP contribution < -0.4 is 10.9 Å². The maximum atomic E-state index is 12.7. The summed E-state index contributed by atoms with van der Waals surface area (Å²) in [6.07, 6.45) is 2.41. The molecule has 2 heterocycles. The first-order chi connectivity index (χ1) is 15.3. The van der Waals surface area contributed by atoms with E-state index in [1.807, 2.05) is 24.4 Å². The Morgan fingerprint density at radius 2 is 1.84 bits per heavy atom. The highest BCUT2D eigenvalue weighted by molar-refractivity contribution is 7.14. The van der Waals surface area contributed by atoms with Crippen LogP contribution in [0.4, 0.5) is 5.13 Å². The number of hydrogen-bond donors (Lipinski definition) is 1. The molecule has 7 heteroatoms. The van der Waals surface area contributed by atoms with Gasteiger partial charge in [-0.3, -0.25) is 14.2 Å². The van der Waals surface area contributed by atoms with Crippen LogP contribution in [0.25, 0.3) is 22.2 Å². The number of carbonyl (C=O) groups is 1. The van der Waals surface area contributed by atoms with Crippen molar-refractivity contribution in [3.63, 3.8) is 0 Å². The number of benzene rings is 2. The zero-order valence-electron chi connectivity index (χ0n) is 18.7. The topological polar surface area (TPSA) is 76.9 Å². The van der Waals surface area contributed by atoms with Gasteiger partial charge in [0.05, 0.1) is 22.9 Å². The Balaban J connectivity index is 1.38. The Morgan fingerprint density at radius 3 is 2.59 bits per heavy atom. The molecule has 6 nitrogen and oxygen atoms in total. The number of thiazole rings is 1. The van der Waals surface area contributed by atoms with Crippen LogP contribution in [0.2, 0.25) is 0 Å². The Bertz CT molecular complexity index is 1350. The van der Waals surface area contributed by atoms with Crippen LogP contribution in [0, 0.1) is 27.7 Å². The number of aromatic nitrogens is 3. The lowest BCUT2D eigenvalue weighted by atomic mass is 9.98. The summed E-state index contributed by atoms with van der Waals surface area (Å²) in [6.45, 7) is 8.62. The average molecular weight is 447 g/mol. The van der Waals surface area contributed by atoms with Gasteiger partial charge in [-0.2, -0.15) is 0 Å². The van der Waals surface area contributed by atoms with Crippen LogP contribution in [0.15, 0.2) is 46.8 Å². The van der Waals surface area contributed by atoms with Gasteiger partial charge in [0, 0.05) is 23.9 Å². The SMILES string of the molecule is Cc1cc(C)c(-c2csc(NC(=O)CCCn3cnc4c(C)cccc4c3=O)n2)c(C)c1. The fourth-order valence-electron chi connectivity index (χ4n) is 4.12. The van der Waals surface area contributed by atoms with Gasteiger partial charge in [-0.1, -0.05) is 29.8 Å². The predicted octanol–water partition coefficient (Wildman–Crippen LogP) is 5.17. The summed E-state index contributed by atoms with van der Waals surface area (Å²) in [5, 5.41) is 6.05. The number of para-hydroxylation sites is 1. The minimum Gasteiger partial charge on any atom is -0.302 e. The molecule has 0 saturated carbocycles. The number of amides is 1. The highest BCUT2D eigenvalue weighted by Gasteiger charge is 2.13. The monoisotopic (exact) mass is 446 g/mol. The number of carbonyl (C=O) groups excluding carboxylic acids is 1. The van der Waals surface area contributed by atoms with Crippen molar-refractivity contribution in [2.45, 2.75) is 47.1 Å². The van der Waals surface area contributed by atoms with Crippen LogP contribution in [0.3, 0.4) is 0 Å². The van der Waals surface area contributed by atoms with Gasteiger partial charge in [0.25, 0.3) is 5.56 Å². The van der Waals surface area contributed by atoms with Crippen molar-refractivity contribution in [1.82, 2.24) is 14.5 Å². The Kier molecular flexibility index (Phi) is 6.19. The third-order valence-corrected chi connectivity index (χ3v) is 6.30. The number of nitrogens with zero attached hydrogens (tertiary/aromatic N) is 3. The number of nitrogens with one attached hydrogen (secondary N) is 1. The molecule has 0 bridgehead atoms. The first kappa shape index (κ1) is 21.9. The van der Waals surface area contributed by atoms with Crippen molar-refractivity contribution in [3.8, 4) is 11.3 Å². The minimum atomic E-state index is -0.110. The van der Waals surface area contributed by atoms with E-state index < -0.39 is 0 Å². The van der Waals surface area contributed by atoms with Crippen LogP contribution in [-0.2, 0) is 11.3 Å². The molecule has 2 aromatic carbocycles. The molecule has 32 heavy (non-hydrogen) atoms. The molecule has 1 amide bonds. The van der Waals surface area contributed by atoms with Crippen molar-refractivity contribution in [3.05, 3.63) is 74.6 Å². The number of aryl methyl sites for hydroxylation is 5. The van der Waals surface area contributed by atoms with E-state index in [9.17, 15) is 9.59 Å². The lowest BCUT2D eigenvalue weighted by Crippen LogP contribution is -2.22. The van der Waals surface area contributed by atoms with Crippen molar-refractivity contribution < 1.29 is 4.79 Å². The van der Waals surface area contributed by atoms with Gasteiger partial charge in [0.2, 0.25) is 5.91 Å². The summed E-state index contributed by atoms with van der Waals surface area (Å²) in [5.41, 5.74) is 7.20. The zero-order chi connectivity index (χ0) is 22.8. The highest BCUT2D eigenvalue weighted by atomic mass is 32.1.